The molecule has 11 heteroatoms. The van der Waals surface area contributed by atoms with Gasteiger partial charge in [0.05, 0.1) is 19.5 Å². The van der Waals surface area contributed by atoms with Gasteiger partial charge in [0.1, 0.15) is 12.6 Å². The number of unbranched alkanes of at least 4 members (excludes halogenated alkanes) is 17. The second kappa shape index (κ2) is 41.4. The summed E-state index contributed by atoms with van der Waals surface area (Å²) < 4.78 is 33.0. The second-order valence-electron chi connectivity index (χ2n) is 14.5. The Bertz CT molecular complexity index is 1180. The molecule has 10 nitrogen and oxygen atoms in total. The molecule has 0 aromatic rings. The molecule has 0 amide bonds. The summed E-state index contributed by atoms with van der Waals surface area (Å²) in [5.74, 6) is -1.87. The molecular formula is C46H80NO9P. The van der Waals surface area contributed by atoms with Gasteiger partial charge >= 0.3 is 19.8 Å². The van der Waals surface area contributed by atoms with Crippen LogP contribution in [0, 0.1) is 0 Å². The molecule has 0 bridgehead atoms. The molecule has 0 radical (unpaired) electrons. The van der Waals surface area contributed by atoms with Crippen molar-refractivity contribution in [3.63, 3.8) is 0 Å². The van der Waals surface area contributed by atoms with Gasteiger partial charge < -0.3 is 25.2 Å². The Morgan fingerprint density at radius 2 is 1.02 bits per heavy atom. The van der Waals surface area contributed by atoms with Crippen molar-refractivity contribution in [2.45, 2.75) is 187 Å². The van der Waals surface area contributed by atoms with E-state index in [0.29, 0.717) is 12.8 Å². The van der Waals surface area contributed by atoms with Crippen LogP contribution in [0.1, 0.15) is 174 Å². The molecule has 0 aromatic heterocycles. The van der Waals surface area contributed by atoms with Gasteiger partial charge in [-0.3, -0.25) is 18.6 Å². The molecule has 0 heterocycles. The highest BCUT2D eigenvalue weighted by atomic mass is 31.2. The maximum absolute atomic E-state index is 12.6. The summed E-state index contributed by atoms with van der Waals surface area (Å²) in [5.41, 5.74) is 5.35. The Morgan fingerprint density at radius 1 is 0.579 bits per heavy atom. The monoisotopic (exact) mass is 822 g/mol. The first-order valence-electron chi connectivity index (χ1n) is 22.0. The summed E-state index contributed by atoms with van der Waals surface area (Å²) in [5, 5.41) is 8.89. The number of ether oxygens (including phenoxy) is 2. The standard InChI is InChI=1S/C46H80NO9P/c1-3-5-7-9-11-13-15-17-19-21-23-25-27-29-31-33-35-37-39-53-40-43(41-54-57(51,52)55-42-44(47)46(49)50)56-45(48)38-36-34-32-30-28-26-24-22-20-18-16-14-12-10-8-6-4-2/h6,8,12,14,18,20,24,26,30,32,37,39,43-44H,3-5,7,9-11,13,15-17,19,21-23,25,27-29,31,33-36,38,40-42,47H2,1-2H3,(H,49,50)(H,51,52)/b8-6-,14-12-,20-18-,26-24-,32-30-,39-37-/t43-,44+/m1/s1. The molecule has 57 heavy (non-hydrogen) atoms. The number of allylic oxidation sites excluding steroid dienone is 11. The highest BCUT2D eigenvalue weighted by Crippen LogP contribution is 2.43. The summed E-state index contributed by atoms with van der Waals surface area (Å²) in [6, 6.07) is -1.49. The summed E-state index contributed by atoms with van der Waals surface area (Å²) in [6.45, 7) is 3.10. The van der Waals surface area contributed by atoms with E-state index >= 15 is 0 Å². The second-order valence-corrected chi connectivity index (χ2v) is 16.0. The Balaban J connectivity index is 4.38. The number of nitrogens with two attached hydrogens (primary N) is 1. The van der Waals surface area contributed by atoms with Crippen LogP contribution < -0.4 is 5.73 Å². The van der Waals surface area contributed by atoms with E-state index in [1.54, 1.807) is 6.26 Å². The van der Waals surface area contributed by atoms with Crippen LogP contribution in [0.5, 0.6) is 0 Å². The van der Waals surface area contributed by atoms with Gasteiger partial charge in [-0.25, -0.2) is 4.57 Å². The van der Waals surface area contributed by atoms with Gasteiger partial charge in [0.15, 0.2) is 6.10 Å². The molecule has 328 valence electrons. The minimum Gasteiger partial charge on any atom is -0.498 e. The first-order valence-corrected chi connectivity index (χ1v) is 23.5. The van der Waals surface area contributed by atoms with Crippen LogP contribution in [0.3, 0.4) is 0 Å². The number of rotatable bonds is 41. The van der Waals surface area contributed by atoms with Gasteiger partial charge in [-0.05, 0) is 63.9 Å². The first-order chi connectivity index (χ1) is 27.7. The lowest BCUT2D eigenvalue weighted by atomic mass is 10.0. The molecule has 0 aromatic carbocycles. The van der Waals surface area contributed by atoms with Crippen LogP contribution >= 0.6 is 7.82 Å². The van der Waals surface area contributed by atoms with Gasteiger partial charge in [0.25, 0.3) is 0 Å². The van der Waals surface area contributed by atoms with Crippen molar-refractivity contribution in [1.82, 2.24) is 0 Å². The zero-order valence-electron chi connectivity index (χ0n) is 35.7. The third kappa shape index (κ3) is 41.2. The molecule has 0 aliphatic rings. The van der Waals surface area contributed by atoms with Crippen molar-refractivity contribution < 1.29 is 42.7 Å². The maximum atomic E-state index is 12.6. The van der Waals surface area contributed by atoms with Crippen molar-refractivity contribution >= 4 is 19.8 Å². The molecule has 0 aliphatic heterocycles. The van der Waals surface area contributed by atoms with Crippen LogP contribution in [0.2, 0.25) is 0 Å². The molecule has 0 saturated carbocycles. The average molecular weight is 822 g/mol. The van der Waals surface area contributed by atoms with E-state index in [1.165, 1.54) is 89.9 Å². The molecule has 4 N–H and O–H groups in total. The molecule has 0 saturated heterocycles. The van der Waals surface area contributed by atoms with E-state index in [4.69, 9.17) is 29.4 Å². The topological polar surface area (TPSA) is 155 Å². The number of carboxylic acid groups (broad SMARTS) is 1. The van der Waals surface area contributed by atoms with E-state index in [9.17, 15) is 19.0 Å². The van der Waals surface area contributed by atoms with E-state index < -0.39 is 45.1 Å². The fourth-order valence-electron chi connectivity index (χ4n) is 5.66. The fourth-order valence-corrected chi connectivity index (χ4v) is 6.44. The molecule has 0 fully saturated rings. The van der Waals surface area contributed by atoms with Gasteiger partial charge in [-0.2, -0.15) is 0 Å². The van der Waals surface area contributed by atoms with E-state index in [2.05, 4.69) is 68.5 Å². The van der Waals surface area contributed by atoms with E-state index in [-0.39, 0.29) is 13.0 Å². The van der Waals surface area contributed by atoms with E-state index in [0.717, 1.165) is 51.4 Å². The predicted octanol–water partition coefficient (Wildman–Crippen LogP) is 12.5. The number of carbonyl (C=O) groups excluding carboxylic acids is 1. The maximum Gasteiger partial charge on any atom is 0.472 e. The summed E-state index contributed by atoms with van der Waals surface area (Å²) in [6.07, 6.45) is 52.0. The summed E-state index contributed by atoms with van der Waals surface area (Å²) >= 11 is 0. The zero-order chi connectivity index (χ0) is 41.9. The smallest absolute Gasteiger partial charge is 0.472 e. The highest BCUT2D eigenvalue weighted by molar-refractivity contribution is 7.47. The van der Waals surface area contributed by atoms with Crippen molar-refractivity contribution in [3.05, 3.63) is 73.1 Å². The normalized spacial score (nSPS) is 14.5. The number of carboxylic acids is 1. The summed E-state index contributed by atoms with van der Waals surface area (Å²) in [7, 11) is -4.65. The van der Waals surface area contributed by atoms with Crippen LogP contribution in [-0.2, 0) is 32.7 Å². The number of hydrogen-bond acceptors (Lipinski definition) is 8. The third-order valence-electron chi connectivity index (χ3n) is 9.06. The van der Waals surface area contributed by atoms with Crippen LogP contribution in [0.25, 0.3) is 0 Å². The third-order valence-corrected chi connectivity index (χ3v) is 10.0. The Morgan fingerprint density at radius 3 is 1.51 bits per heavy atom. The quantitative estimate of drug-likeness (QED) is 0.0178. The Hall–Kier alpha value is -2.75. The van der Waals surface area contributed by atoms with Crippen molar-refractivity contribution in [2.24, 2.45) is 5.73 Å². The highest BCUT2D eigenvalue weighted by Gasteiger charge is 2.27. The molecule has 0 aliphatic carbocycles. The molecular weight excluding hydrogens is 741 g/mol. The number of carbonyl (C=O) groups is 2. The Labute approximate surface area is 346 Å². The lowest BCUT2D eigenvalue weighted by molar-refractivity contribution is -0.153. The van der Waals surface area contributed by atoms with Gasteiger partial charge in [-0.1, -0.05) is 171 Å². The fraction of sp³-hybridized carbons (Fsp3) is 0.696. The van der Waals surface area contributed by atoms with Crippen molar-refractivity contribution in [2.75, 3.05) is 19.8 Å². The lowest BCUT2D eigenvalue weighted by Gasteiger charge is -2.20. The van der Waals surface area contributed by atoms with Gasteiger partial charge in [-0.15, -0.1) is 0 Å². The number of esters is 1. The van der Waals surface area contributed by atoms with Crippen LogP contribution in [-0.4, -0.2) is 53.9 Å². The number of hydrogen-bond donors (Lipinski definition) is 3. The SMILES string of the molecule is CC/C=C\C/C=C\C/C=C\C/C=C\C/C=C\CCCC(=O)O[C@H](CO/C=C\CCCCCCCCCCCCCCCCCC)COP(=O)(O)OC[C@H](N)C(=O)O. The Kier molecular flexibility index (Phi) is 39.4. The molecule has 0 spiro atoms. The molecule has 1 unspecified atom stereocenters. The van der Waals surface area contributed by atoms with Gasteiger partial charge in [0.2, 0.25) is 0 Å². The van der Waals surface area contributed by atoms with E-state index in [1.807, 2.05) is 12.2 Å². The molecule has 0 rings (SSSR count). The number of phosphoric ester groups is 1. The summed E-state index contributed by atoms with van der Waals surface area (Å²) in [4.78, 5) is 33.5. The minimum absolute atomic E-state index is 0.0926. The largest absolute Gasteiger partial charge is 0.498 e. The number of aliphatic carboxylic acids is 1. The van der Waals surface area contributed by atoms with Crippen molar-refractivity contribution in [3.8, 4) is 0 Å². The zero-order valence-corrected chi connectivity index (χ0v) is 36.6. The van der Waals surface area contributed by atoms with Crippen LogP contribution in [0.15, 0.2) is 73.1 Å². The first kappa shape index (κ1) is 54.2. The molecule has 3 atom stereocenters. The van der Waals surface area contributed by atoms with Crippen molar-refractivity contribution in [1.29, 1.82) is 0 Å². The minimum atomic E-state index is -4.65. The number of phosphoric acid groups is 1. The average Bonchev–Trinajstić information content (AvgIpc) is 3.19. The van der Waals surface area contributed by atoms with Crippen LogP contribution in [0.4, 0.5) is 0 Å². The van der Waals surface area contributed by atoms with Gasteiger partial charge in [0, 0.05) is 6.42 Å². The lowest BCUT2D eigenvalue weighted by Crippen LogP contribution is -2.34. The predicted molar refractivity (Wildman–Crippen MR) is 235 cm³/mol.